The summed E-state index contributed by atoms with van der Waals surface area (Å²) in [7, 11) is 0.233. The summed E-state index contributed by atoms with van der Waals surface area (Å²) in [5, 5.41) is 4.18. The Morgan fingerprint density at radius 3 is 2.29 bits per heavy atom. The first-order valence-electron chi connectivity index (χ1n) is 6.50. The van der Waals surface area contributed by atoms with E-state index in [4.69, 9.17) is 11.6 Å². The Kier molecular flexibility index (Phi) is 4.08. The number of halogens is 1. The van der Waals surface area contributed by atoms with Crippen LogP contribution in [0.15, 0.2) is 41.1 Å². The van der Waals surface area contributed by atoms with Gasteiger partial charge in [-0.15, -0.1) is 0 Å². The van der Waals surface area contributed by atoms with E-state index < -0.39 is 9.84 Å². The van der Waals surface area contributed by atoms with Crippen molar-refractivity contribution in [1.82, 2.24) is 10.0 Å². The highest BCUT2D eigenvalue weighted by Gasteiger charge is 2.26. The van der Waals surface area contributed by atoms with E-state index in [1.165, 1.54) is 0 Å². The highest BCUT2D eigenvalue weighted by Crippen LogP contribution is 2.28. The van der Waals surface area contributed by atoms with Crippen molar-refractivity contribution in [3.63, 3.8) is 0 Å². The Morgan fingerprint density at radius 1 is 1.14 bits per heavy atom. The van der Waals surface area contributed by atoms with Gasteiger partial charge in [0.25, 0.3) is 0 Å². The quantitative estimate of drug-likeness (QED) is 0.856. The standard InChI is InChI=1S/C15H19ClN2O2S/c1-10-7-15(11(2)6-14(10)16)21(19,20)9-13-8-12(3)17(4)18(13)5/h6-8H,3,9H2,1-2,4-5H3. The molecule has 114 valence electrons. The van der Waals surface area contributed by atoms with Gasteiger partial charge >= 0.3 is 0 Å². The zero-order chi connectivity index (χ0) is 15.9. The first-order chi connectivity index (χ1) is 9.63. The molecule has 4 nitrogen and oxygen atoms in total. The number of aryl methyl sites for hydroxylation is 2. The van der Waals surface area contributed by atoms with E-state index in [-0.39, 0.29) is 5.75 Å². The van der Waals surface area contributed by atoms with Gasteiger partial charge < -0.3 is 0 Å². The van der Waals surface area contributed by atoms with Crippen molar-refractivity contribution in [2.75, 3.05) is 19.8 Å². The summed E-state index contributed by atoms with van der Waals surface area (Å²) in [4.78, 5) is 0.332. The van der Waals surface area contributed by atoms with Gasteiger partial charge in [-0.05, 0) is 43.2 Å². The zero-order valence-corrected chi connectivity index (χ0v) is 14.2. The minimum Gasteiger partial charge on any atom is -0.292 e. The molecule has 1 aromatic carbocycles. The third kappa shape index (κ3) is 2.94. The summed E-state index contributed by atoms with van der Waals surface area (Å²) in [5.41, 5.74) is 2.90. The summed E-state index contributed by atoms with van der Waals surface area (Å²) in [5.74, 6) is -0.0607. The van der Waals surface area contributed by atoms with Crippen molar-refractivity contribution in [1.29, 1.82) is 0 Å². The normalized spacial score (nSPS) is 15.7. The van der Waals surface area contributed by atoms with E-state index in [1.54, 1.807) is 37.1 Å². The number of hydrazine groups is 1. The Morgan fingerprint density at radius 2 is 1.76 bits per heavy atom. The summed E-state index contributed by atoms with van der Waals surface area (Å²) in [6.07, 6.45) is 1.79. The molecule has 21 heavy (non-hydrogen) atoms. The molecular weight excluding hydrogens is 308 g/mol. The van der Waals surface area contributed by atoms with Gasteiger partial charge in [0.05, 0.1) is 22.0 Å². The van der Waals surface area contributed by atoms with Crippen LogP contribution in [-0.2, 0) is 9.84 Å². The van der Waals surface area contributed by atoms with Crippen LogP contribution < -0.4 is 0 Å². The van der Waals surface area contributed by atoms with Crippen LogP contribution >= 0.6 is 11.6 Å². The number of nitrogens with zero attached hydrogens (tertiary/aromatic N) is 2. The fraction of sp³-hybridized carbons (Fsp3) is 0.333. The first-order valence-corrected chi connectivity index (χ1v) is 8.53. The largest absolute Gasteiger partial charge is 0.292 e. The molecule has 6 heteroatoms. The summed E-state index contributed by atoms with van der Waals surface area (Å²) in [6.45, 7) is 7.44. The molecule has 0 N–H and O–H groups in total. The molecule has 0 atom stereocenters. The van der Waals surface area contributed by atoms with E-state index in [0.717, 1.165) is 11.3 Å². The maximum absolute atomic E-state index is 12.7. The van der Waals surface area contributed by atoms with E-state index in [2.05, 4.69) is 6.58 Å². The lowest BCUT2D eigenvalue weighted by molar-refractivity contribution is 0.134. The van der Waals surface area contributed by atoms with Crippen LogP contribution in [0.4, 0.5) is 0 Å². The van der Waals surface area contributed by atoms with E-state index in [0.29, 0.717) is 21.2 Å². The number of hydrogen-bond acceptors (Lipinski definition) is 4. The molecule has 0 amide bonds. The van der Waals surface area contributed by atoms with Gasteiger partial charge in [-0.1, -0.05) is 18.2 Å². The van der Waals surface area contributed by atoms with Crippen LogP contribution in [0.2, 0.25) is 5.02 Å². The maximum Gasteiger partial charge on any atom is 0.184 e. The van der Waals surface area contributed by atoms with Crippen LogP contribution in [0.3, 0.4) is 0 Å². The minimum absolute atomic E-state index is 0.0607. The van der Waals surface area contributed by atoms with Crippen LogP contribution in [0.25, 0.3) is 0 Å². The molecule has 0 radical (unpaired) electrons. The van der Waals surface area contributed by atoms with Gasteiger partial charge in [-0.25, -0.2) is 8.42 Å². The van der Waals surface area contributed by atoms with Crippen LogP contribution in [0, 0.1) is 13.8 Å². The fourth-order valence-electron chi connectivity index (χ4n) is 2.26. The SMILES string of the molecule is C=C1C=C(CS(=O)(=O)c2cc(C)c(Cl)cc2C)N(C)N1C. The number of sulfone groups is 1. The Labute approximate surface area is 131 Å². The summed E-state index contributed by atoms with van der Waals surface area (Å²) in [6, 6.07) is 3.34. The highest BCUT2D eigenvalue weighted by molar-refractivity contribution is 7.91. The molecule has 0 saturated carbocycles. The number of likely N-dealkylation sites (N-methyl/N-ethyl adjacent to an activating group) is 1. The van der Waals surface area contributed by atoms with E-state index in [9.17, 15) is 8.42 Å². The van der Waals surface area contributed by atoms with Gasteiger partial charge in [0.2, 0.25) is 0 Å². The second-order valence-corrected chi connectivity index (χ2v) is 7.67. The molecule has 0 aliphatic carbocycles. The summed E-state index contributed by atoms with van der Waals surface area (Å²) < 4.78 is 25.3. The van der Waals surface area contributed by atoms with Crippen molar-refractivity contribution in [3.05, 3.63) is 52.3 Å². The Balaban J connectivity index is 2.39. The molecule has 0 bridgehead atoms. The second kappa shape index (κ2) is 5.39. The number of rotatable bonds is 3. The topological polar surface area (TPSA) is 40.6 Å². The van der Waals surface area contributed by atoms with E-state index in [1.807, 2.05) is 19.1 Å². The average molecular weight is 327 g/mol. The lowest BCUT2D eigenvalue weighted by Gasteiger charge is -2.26. The molecule has 2 rings (SSSR count). The minimum atomic E-state index is -3.43. The van der Waals surface area contributed by atoms with Crippen molar-refractivity contribution < 1.29 is 8.42 Å². The predicted molar refractivity (Wildman–Crippen MR) is 85.7 cm³/mol. The molecule has 0 fully saturated rings. The fourth-order valence-corrected chi connectivity index (χ4v) is 4.20. The molecular formula is C15H19ClN2O2S. The highest BCUT2D eigenvalue weighted by atomic mass is 35.5. The first kappa shape index (κ1) is 15.9. The molecule has 1 heterocycles. The van der Waals surface area contributed by atoms with Crippen molar-refractivity contribution in [2.24, 2.45) is 0 Å². The molecule has 1 aliphatic heterocycles. The third-order valence-electron chi connectivity index (χ3n) is 3.74. The van der Waals surface area contributed by atoms with Crippen molar-refractivity contribution in [3.8, 4) is 0 Å². The van der Waals surface area contributed by atoms with Crippen molar-refractivity contribution in [2.45, 2.75) is 18.7 Å². The van der Waals surface area contributed by atoms with Crippen LogP contribution in [-0.4, -0.2) is 38.3 Å². The molecule has 0 aromatic heterocycles. The van der Waals surface area contributed by atoms with Gasteiger partial charge in [0, 0.05) is 19.1 Å². The average Bonchev–Trinajstić information content (AvgIpc) is 2.61. The van der Waals surface area contributed by atoms with Gasteiger partial charge in [-0.2, -0.15) is 0 Å². The lowest BCUT2D eigenvalue weighted by atomic mass is 10.2. The number of allylic oxidation sites excluding steroid dienone is 1. The summed E-state index contributed by atoms with van der Waals surface area (Å²) >= 11 is 6.04. The molecule has 0 unspecified atom stereocenters. The predicted octanol–water partition coefficient (Wildman–Crippen LogP) is 2.92. The van der Waals surface area contributed by atoms with Gasteiger partial charge in [0.1, 0.15) is 0 Å². The zero-order valence-electron chi connectivity index (χ0n) is 12.6. The van der Waals surface area contributed by atoms with Gasteiger partial charge in [0.15, 0.2) is 9.84 Å². The molecule has 1 aromatic rings. The monoisotopic (exact) mass is 326 g/mol. The number of hydrogen-bond donors (Lipinski definition) is 0. The second-order valence-electron chi connectivity index (χ2n) is 5.30. The molecule has 0 spiro atoms. The van der Waals surface area contributed by atoms with E-state index >= 15 is 0 Å². The smallest absolute Gasteiger partial charge is 0.184 e. The van der Waals surface area contributed by atoms with Crippen LogP contribution in [0.5, 0.6) is 0 Å². The Hall–Kier alpha value is -1.46. The van der Waals surface area contributed by atoms with Crippen LogP contribution in [0.1, 0.15) is 11.1 Å². The molecule has 0 saturated heterocycles. The third-order valence-corrected chi connectivity index (χ3v) is 5.94. The molecule has 1 aliphatic rings. The lowest BCUT2D eigenvalue weighted by Crippen LogP contribution is -2.31. The maximum atomic E-state index is 12.7. The Bertz CT molecular complexity index is 738. The number of benzene rings is 1. The van der Waals surface area contributed by atoms with Crippen molar-refractivity contribution >= 4 is 21.4 Å². The van der Waals surface area contributed by atoms with Gasteiger partial charge in [-0.3, -0.25) is 10.0 Å².